The number of carbonyl (C=O) groups is 1. The van der Waals surface area contributed by atoms with Crippen LogP contribution in [0.15, 0.2) is 77.7 Å². The SMILES string of the molecule is COc1ccc(-c2cn(-c3cccc(C(=O)C=Cc4cc(OC)c(OC)c(OC)c4)c3)c(=O)[nH]2)cc1. The molecule has 1 heterocycles. The van der Waals surface area contributed by atoms with Crippen LogP contribution in [-0.2, 0) is 0 Å². The number of allylic oxidation sites excluding steroid dienone is 1. The average molecular weight is 487 g/mol. The van der Waals surface area contributed by atoms with Crippen molar-refractivity contribution in [1.82, 2.24) is 9.55 Å². The van der Waals surface area contributed by atoms with Gasteiger partial charge in [-0.05, 0) is 65.7 Å². The maximum absolute atomic E-state index is 12.9. The lowest BCUT2D eigenvalue weighted by atomic mass is 10.1. The van der Waals surface area contributed by atoms with Gasteiger partial charge in [0.15, 0.2) is 17.3 Å². The number of carbonyl (C=O) groups excluding carboxylic acids is 1. The highest BCUT2D eigenvalue weighted by atomic mass is 16.5. The third-order valence-electron chi connectivity index (χ3n) is 5.64. The van der Waals surface area contributed by atoms with Crippen molar-refractivity contribution >= 4 is 11.9 Å². The minimum atomic E-state index is -0.307. The molecule has 1 N–H and O–H groups in total. The highest BCUT2D eigenvalue weighted by Gasteiger charge is 2.13. The molecule has 0 saturated carbocycles. The molecule has 8 heteroatoms. The Kier molecular flexibility index (Phi) is 7.25. The number of nitrogens with zero attached hydrogens (tertiary/aromatic N) is 1. The maximum Gasteiger partial charge on any atom is 0.330 e. The third-order valence-corrected chi connectivity index (χ3v) is 5.64. The summed E-state index contributed by atoms with van der Waals surface area (Å²) in [4.78, 5) is 28.4. The number of hydrogen-bond acceptors (Lipinski definition) is 6. The molecule has 4 rings (SSSR count). The Morgan fingerprint density at radius 1 is 0.861 bits per heavy atom. The van der Waals surface area contributed by atoms with E-state index in [-0.39, 0.29) is 11.5 Å². The molecule has 4 aromatic rings. The van der Waals surface area contributed by atoms with Crippen molar-refractivity contribution in [3.63, 3.8) is 0 Å². The molecule has 8 nitrogen and oxygen atoms in total. The second kappa shape index (κ2) is 10.7. The fourth-order valence-electron chi connectivity index (χ4n) is 3.78. The first-order valence-corrected chi connectivity index (χ1v) is 11.1. The number of methoxy groups -OCH3 is 4. The van der Waals surface area contributed by atoms with Crippen LogP contribution in [0.3, 0.4) is 0 Å². The molecule has 0 atom stereocenters. The lowest BCUT2D eigenvalue weighted by molar-refractivity contribution is 0.104. The second-order valence-corrected chi connectivity index (χ2v) is 7.78. The number of ether oxygens (including phenoxy) is 4. The average Bonchev–Trinajstić information content (AvgIpc) is 3.32. The van der Waals surface area contributed by atoms with Crippen molar-refractivity contribution in [3.05, 3.63) is 94.5 Å². The van der Waals surface area contributed by atoms with Gasteiger partial charge >= 0.3 is 5.69 Å². The second-order valence-electron chi connectivity index (χ2n) is 7.78. The van der Waals surface area contributed by atoms with Gasteiger partial charge in [-0.3, -0.25) is 9.36 Å². The zero-order chi connectivity index (χ0) is 25.7. The van der Waals surface area contributed by atoms with E-state index >= 15 is 0 Å². The predicted molar refractivity (Wildman–Crippen MR) is 138 cm³/mol. The first-order valence-electron chi connectivity index (χ1n) is 11.1. The Morgan fingerprint density at radius 2 is 1.56 bits per heavy atom. The molecule has 0 unspecified atom stereocenters. The zero-order valence-electron chi connectivity index (χ0n) is 20.4. The minimum absolute atomic E-state index is 0.218. The number of rotatable bonds is 9. The van der Waals surface area contributed by atoms with E-state index in [1.165, 1.54) is 32.0 Å². The molecule has 0 saturated heterocycles. The molecule has 0 bridgehead atoms. The zero-order valence-corrected chi connectivity index (χ0v) is 20.4. The van der Waals surface area contributed by atoms with Crippen LogP contribution < -0.4 is 24.6 Å². The summed E-state index contributed by atoms with van der Waals surface area (Å²) in [6, 6.07) is 17.8. The Hall–Kier alpha value is -4.72. The Labute approximate surface area is 208 Å². The Balaban J connectivity index is 1.59. The molecule has 0 amide bonds. The van der Waals surface area contributed by atoms with Crippen LogP contribution in [0.5, 0.6) is 23.0 Å². The number of aromatic amines is 1. The third kappa shape index (κ3) is 5.02. The van der Waals surface area contributed by atoms with Gasteiger partial charge in [0.1, 0.15) is 5.75 Å². The van der Waals surface area contributed by atoms with E-state index < -0.39 is 0 Å². The Morgan fingerprint density at radius 3 is 2.17 bits per heavy atom. The lowest BCUT2D eigenvalue weighted by Crippen LogP contribution is -2.14. The highest BCUT2D eigenvalue weighted by molar-refractivity contribution is 6.07. The number of benzene rings is 3. The normalized spacial score (nSPS) is 10.9. The number of nitrogens with one attached hydrogen (secondary N) is 1. The van der Waals surface area contributed by atoms with Crippen molar-refractivity contribution in [1.29, 1.82) is 0 Å². The fourth-order valence-corrected chi connectivity index (χ4v) is 3.78. The van der Waals surface area contributed by atoms with Crippen molar-refractivity contribution in [2.45, 2.75) is 0 Å². The molecule has 0 aliphatic rings. The van der Waals surface area contributed by atoms with Gasteiger partial charge in [-0.15, -0.1) is 0 Å². The van der Waals surface area contributed by atoms with E-state index in [0.717, 1.165) is 11.3 Å². The van der Waals surface area contributed by atoms with Crippen molar-refractivity contribution in [2.75, 3.05) is 28.4 Å². The van der Waals surface area contributed by atoms with E-state index in [9.17, 15) is 9.59 Å². The van der Waals surface area contributed by atoms with Crippen molar-refractivity contribution in [3.8, 4) is 39.9 Å². The van der Waals surface area contributed by atoms with Gasteiger partial charge in [0.25, 0.3) is 0 Å². The van der Waals surface area contributed by atoms with Gasteiger partial charge in [-0.25, -0.2) is 4.79 Å². The molecule has 0 radical (unpaired) electrons. The van der Waals surface area contributed by atoms with Gasteiger partial charge in [0.05, 0.1) is 39.8 Å². The van der Waals surface area contributed by atoms with Crippen LogP contribution in [0.25, 0.3) is 23.0 Å². The van der Waals surface area contributed by atoms with Crippen molar-refractivity contribution < 1.29 is 23.7 Å². The fraction of sp³-hybridized carbons (Fsp3) is 0.143. The van der Waals surface area contributed by atoms with Gasteiger partial charge in [-0.2, -0.15) is 0 Å². The van der Waals surface area contributed by atoms with E-state index in [4.69, 9.17) is 18.9 Å². The van der Waals surface area contributed by atoms with E-state index in [1.807, 2.05) is 24.3 Å². The molecular formula is C28H26N2O6. The maximum atomic E-state index is 12.9. The van der Waals surface area contributed by atoms with Crippen LogP contribution >= 0.6 is 0 Å². The molecule has 36 heavy (non-hydrogen) atoms. The predicted octanol–water partition coefficient (Wildman–Crippen LogP) is 4.76. The van der Waals surface area contributed by atoms with Crippen LogP contribution in [0.2, 0.25) is 0 Å². The number of aromatic nitrogens is 2. The summed E-state index contributed by atoms with van der Waals surface area (Å²) in [6.07, 6.45) is 4.84. The van der Waals surface area contributed by atoms with Gasteiger partial charge in [0.2, 0.25) is 5.75 Å². The van der Waals surface area contributed by atoms with Crippen LogP contribution in [0.4, 0.5) is 0 Å². The van der Waals surface area contributed by atoms with E-state index in [2.05, 4.69) is 4.98 Å². The number of H-pyrrole nitrogens is 1. The Bertz CT molecular complexity index is 1440. The molecule has 184 valence electrons. The van der Waals surface area contributed by atoms with Crippen LogP contribution in [-0.4, -0.2) is 43.8 Å². The summed E-state index contributed by atoms with van der Waals surface area (Å²) in [5.74, 6) is 1.97. The summed E-state index contributed by atoms with van der Waals surface area (Å²) in [6.45, 7) is 0. The molecular weight excluding hydrogens is 460 g/mol. The molecule has 3 aromatic carbocycles. The first-order chi connectivity index (χ1) is 17.5. The molecule has 0 fully saturated rings. The summed E-state index contributed by atoms with van der Waals surface area (Å²) >= 11 is 0. The summed E-state index contributed by atoms with van der Waals surface area (Å²) in [5, 5.41) is 0. The standard InChI is InChI=1S/C28H26N2O6/c1-33-22-11-9-19(10-12-22)23-17-30(28(32)29-23)21-7-5-6-20(16-21)24(31)13-8-18-14-25(34-2)27(36-4)26(15-18)35-3/h5-17H,1-4H3,(H,29,32). The number of imidazole rings is 1. The van der Waals surface area contributed by atoms with Gasteiger partial charge in [-0.1, -0.05) is 18.2 Å². The smallest absolute Gasteiger partial charge is 0.330 e. The van der Waals surface area contributed by atoms with Crippen molar-refractivity contribution in [2.24, 2.45) is 0 Å². The molecule has 1 aromatic heterocycles. The van der Waals surface area contributed by atoms with Gasteiger partial charge < -0.3 is 23.9 Å². The minimum Gasteiger partial charge on any atom is -0.497 e. The number of hydrogen-bond donors (Lipinski definition) is 1. The number of ketones is 1. The van der Waals surface area contributed by atoms with Crippen LogP contribution in [0, 0.1) is 0 Å². The topological polar surface area (TPSA) is 91.8 Å². The highest BCUT2D eigenvalue weighted by Crippen LogP contribution is 2.38. The molecule has 0 aliphatic heterocycles. The van der Waals surface area contributed by atoms with E-state index in [0.29, 0.717) is 39.8 Å². The monoisotopic (exact) mass is 486 g/mol. The summed E-state index contributed by atoms with van der Waals surface area (Å²) in [7, 11) is 6.19. The first kappa shape index (κ1) is 24.4. The van der Waals surface area contributed by atoms with E-state index in [1.54, 1.807) is 55.8 Å². The largest absolute Gasteiger partial charge is 0.497 e. The van der Waals surface area contributed by atoms with Crippen LogP contribution in [0.1, 0.15) is 15.9 Å². The molecule has 0 spiro atoms. The van der Waals surface area contributed by atoms with Gasteiger partial charge in [0, 0.05) is 11.8 Å². The molecule has 0 aliphatic carbocycles. The summed E-state index contributed by atoms with van der Waals surface area (Å²) in [5.41, 5.74) is 2.91. The lowest BCUT2D eigenvalue weighted by Gasteiger charge is -2.12. The summed E-state index contributed by atoms with van der Waals surface area (Å²) < 4.78 is 22.7. The quantitative estimate of drug-likeness (QED) is 0.271.